The third-order valence-electron chi connectivity index (χ3n) is 3.74. The molecule has 0 aliphatic rings. The molecule has 1 aromatic carbocycles. The Bertz CT molecular complexity index is 759. The van der Waals surface area contributed by atoms with Gasteiger partial charge in [0.15, 0.2) is 11.0 Å². The van der Waals surface area contributed by atoms with E-state index in [1.54, 1.807) is 30.2 Å². The van der Waals surface area contributed by atoms with Crippen molar-refractivity contribution in [1.82, 2.24) is 14.8 Å². The molecule has 2 aromatic heterocycles. The summed E-state index contributed by atoms with van der Waals surface area (Å²) in [6, 6.07) is 12.3. The van der Waals surface area contributed by atoms with Crippen LogP contribution in [0.4, 0.5) is 5.69 Å². The third-order valence-corrected chi connectivity index (χ3v) is 5.58. The fraction of sp³-hybridized carbons (Fsp3) is 0.333. The van der Waals surface area contributed by atoms with Gasteiger partial charge in [-0.1, -0.05) is 30.0 Å². The van der Waals surface area contributed by atoms with Crippen molar-refractivity contribution in [3.05, 3.63) is 47.2 Å². The highest BCUT2D eigenvalue weighted by atomic mass is 32.2. The smallest absolute Gasteiger partial charge is 0.191 e. The first-order chi connectivity index (χ1) is 12.3. The molecule has 0 aliphatic carbocycles. The number of ether oxygens (including phenoxy) is 1. The Hall–Kier alpha value is -1.83. The predicted octanol–water partition coefficient (Wildman–Crippen LogP) is 4.25. The van der Waals surface area contributed by atoms with Crippen molar-refractivity contribution in [2.75, 3.05) is 25.6 Å². The molecule has 1 N–H and O–H groups in total. The molecule has 0 saturated carbocycles. The maximum absolute atomic E-state index is 5.40. The summed E-state index contributed by atoms with van der Waals surface area (Å²) in [7, 11) is 1.73. The number of thiophene rings is 1. The summed E-state index contributed by atoms with van der Waals surface area (Å²) in [5, 5.41) is 17.6. The molecule has 3 aromatic rings. The van der Waals surface area contributed by atoms with E-state index in [1.807, 2.05) is 18.2 Å². The summed E-state index contributed by atoms with van der Waals surface area (Å²) in [5.41, 5.74) is 2.23. The normalized spacial score (nSPS) is 12.2. The zero-order chi connectivity index (χ0) is 17.5. The minimum absolute atomic E-state index is 0.245. The second-order valence-corrected chi connectivity index (χ2v) is 7.55. The van der Waals surface area contributed by atoms with E-state index in [2.05, 4.69) is 56.0 Å². The van der Waals surface area contributed by atoms with E-state index in [4.69, 9.17) is 4.74 Å². The quantitative estimate of drug-likeness (QED) is 0.568. The topological polar surface area (TPSA) is 52.0 Å². The van der Waals surface area contributed by atoms with E-state index >= 15 is 0 Å². The average molecular weight is 375 g/mol. The number of para-hydroxylation sites is 1. The molecule has 0 spiro atoms. The van der Waals surface area contributed by atoms with Crippen LogP contribution >= 0.6 is 23.1 Å². The van der Waals surface area contributed by atoms with Crippen LogP contribution in [0.5, 0.6) is 0 Å². The fourth-order valence-corrected chi connectivity index (χ4v) is 4.26. The van der Waals surface area contributed by atoms with Gasteiger partial charge in [0.25, 0.3) is 0 Å². The van der Waals surface area contributed by atoms with Crippen molar-refractivity contribution in [2.24, 2.45) is 0 Å². The molecular weight excluding hydrogens is 352 g/mol. The Balaban J connectivity index is 1.71. The first-order valence-corrected chi connectivity index (χ1v) is 10.0. The summed E-state index contributed by atoms with van der Waals surface area (Å²) in [5.74, 6) is 0.929. The molecule has 1 atom stereocenters. The Morgan fingerprint density at radius 1 is 1.24 bits per heavy atom. The molecule has 3 rings (SSSR count). The Labute approximate surface area is 156 Å². The number of hydrogen-bond acceptors (Lipinski definition) is 6. The number of methoxy groups -OCH3 is 1. The number of nitrogens with zero attached hydrogens (tertiary/aromatic N) is 3. The van der Waals surface area contributed by atoms with Crippen LogP contribution in [0.2, 0.25) is 0 Å². The average Bonchev–Trinajstić information content (AvgIpc) is 3.30. The molecule has 0 fully saturated rings. The van der Waals surface area contributed by atoms with E-state index in [0.717, 1.165) is 35.3 Å². The number of thioether (sulfide) groups is 1. The molecule has 0 aliphatic heterocycles. The minimum atomic E-state index is 0.245. The molecule has 1 unspecified atom stereocenters. The van der Waals surface area contributed by atoms with Crippen LogP contribution in [0.1, 0.15) is 6.92 Å². The number of rotatable bonds is 9. The molecule has 2 heterocycles. The van der Waals surface area contributed by atoms with Crippen molar-refractivity contribution in [1.29, 1.82) is 0 Å². The maximum Gasteiger partial charge on any atom is 0.191 e. The summed E-state index contributed by atoms with van der Waals surface area (Å²) in [6.45, 7) is 4.41. The van der Waals surface area contributed by atoms with Crippen LogP contribution in [-0.4, -0.2) is 40.3 Å². The van der Waals surface area contributed by atoms with Crippen molar-refractivity contribution >= 4 is 28.8 Å². The van der Waals surface area contributed by atoms with Crippen molar-refractivity contribution < 1.29 is 4.74 Å². The van der Waals surface area contributed by atoms with E-state index in [0.29, 0.717) is 6.61 Å². The van der Waals surface area contributed by atoms with Gasteiger partial charge in [0, 0.05) is 36.8 Å². The Morgan fingerprint density at radius 3 is 2.76 bits per heavy atom. The van der Waals surface area contributed by atoms with Crippen molar-refractivity contribution in [2.45, 2.75) is 23.9 Å². The van der Waals surface area contributed by atoms with Gasteiger partial charge in [0.1, 0.15) is 0 Å². The summed E-state index contributed by atoms with van der Waals surface area (Å²) in [6.07, 6.45) is 0. The number of hydrogen-bond donors (Lipinski definition) is 1. The van der Waals surface area contributed by atoms with Gasteiger partial charge in [0.05, 0.1) is 11.9 Å². The van der Waals surface area contributed by atoms with Crippen LogP contribution in [0.3, 0.4) is 0 Å². The lowest BCUT2D eigenvalue weighted by Gasteiger charge is -2.17. The van der Waals surface area contributed by atoms with Gasteiger partial charge in [-0.05, 0) is 30.5 Å². The van der Waals surface area contributed by atoms with Crippen LogP contribution in [0.15, 0.2) is 52.3 Å². The molecular formula is C18H22N4OS2. The number of benzene rings is 1. The predicted molar refractivity (Wildman–Crippen MR) is 105 cm³/mol. The van der Waals surface area contributed by atoms with Crippen LogP contribution in [0, 0.1) is 0 Å². The van der Waals surface area contributed by atoms with Gasteiger partial charge in [-0.2, -0.15) is 11.3 Å². The SMILES string of the molecule is CCn1c(SC(CNc2ccccc2)COC)nnc1-c1ccsc1. The summed E-state index contributed by atoms with van der Waals surface area (Å²) < 4.78 is 7.57. The Morgan fingerprint density at radius 2 is 2.08 bits per heavy atom. The van der Waals surface area contributed by atoms with E-state index in [1.165, 1.54) is 0 Å². The molecule has 0 bridgehead atoms. The second-order valence-electron chi connectivity index (χ2n) is 5.50. The molecule has 5 nitrogen and oxygen atoms in total. The zero-order valence-corrected chi connectivity index (χ0v) is 16.0. The molecule has 0 amide bonds. The highest BCUT2D eigenvalue weighted by Gasteiger charge is 2.18. The highest BCUT2D eigenvalue weighted by molar-refractivity contribution is 7.99. The molecule has 25 heavy (non-hydrogen) atoms. The number of aromatic nitrogens is 3. The number of nitrogens with one attached hydrogen (secondary N) is 1. The molecule has 0 saturated heterocycles. The molecule has 7 heteroatoms. The number of anilines is 1. The summed E-state index contributed by atoms with van der Waals surface area (Å²) in [4.78, 5) is 0. The standard InChI is InChI=1S/C18H22N4OS2/c1-3-22-17(14-9-10-24-13-14)20-21-18(22)25-16(12-23-2)11-19-15-7-5-4-6-8-15/h4-10,13,16,19H,3,11-12H2,1-2H3. The first kappa shape index (κ1) is 18.0. The molecule has 0 radical (unpaired) electrons. The molecule has 132 valence electrons. The minimum Gasteiger partial charge on any atom is -0.384 e. The van der Waals surface area contributed by atoms with Gasteiger partial charge in [-0.25, -0.2) is 0 Å². The third kappa shape index (κ3) is 4.62. The lowest BCUT2D eigenvalue weighted by Crippen LogP contribution is -2.22. The van der Waals surface area contributed by atoms with Crippen molar-refractivity contribution in [3.63, 3.8) is 0 Å². The summed E-state index contributed by atoms with van der Waals surface area (Å²) >= 11 is 3.38. The van der Waals surface area contributed by atoms with Gasteiger partial charge < -0.3 is 14.6 Å². The largest absolute Gasteiger partial charge is 0.384 e. The van der Waals surface area contributed by atoms with E-state index < -0.39 is 0 Å². The highest BCUT2D eigenvalue weighted by Crippen LogP contribution is 2.28. The van der Waals surface area contributed by atoms with E-state index in [-0.39, 0.29) is 5.25 Å². The Kier molecular flexibility index (Phi) is 6.49. The van der Waals surface area contributed by atoms with Gasteiger partial charge in [-0.3, -0.25) is 0 Å². The lowest BCUT2D eigenvalue weighted by atomic mass is 10.3. The fourth-order valence-electron chi connectivity index (χ4n) is 2.52. The lowest BCUT2D eigenvalue weighted by molar-refractivity contribution is 0.201. The van der Waals surface area contributed by atoms with Gasteiger partial charge in [0.2, 0.25) is 0 Å². The van der Waals surface area contributed by atoms with Gasteiger partial charge in [-0.15, -0.1) is 10.2 Å². The van der Waals surface area contributed by atoms with Crippen LogP contribution in [-0.2, 0) is 11.3 Å². The zero-order valence-electron chi connectivity index (χ0n) is 14.4. The van der Waals surface area contributed by atoms with Gasteiger partial charge >= 0.3 is 0 Å². The van der Waals surface area contributed by atoms with E-state index in [9.17, 15) is 0 Å². The van der Waals surface area contributed by atoms with Crippen molar-refractivity contribution in [3.8, 4) is 11.4 Å². The first-order valence-electron chi connectivity index (χ1n) is 8.22. The maximum atomic E-state index is 5.40. The monoisotopic (exact) mass is 374 g/mol. The van der Waals surface area contributed by atoms with Crippen LogP contribution < -0.4 is 5.32 Å². The second kappa shape index (κ2) is 9.03. The van der Waals surface area contributed by atoms with Crippen LogP contribution in [0.25, 0.3) is 11.4 Å².